The molecule has 0 aromatic heterocycles. The topological polar surface area (TPSA) is 33.0 Å². The predicted octanol–water partition coefficient (Wildman–Crippen LogP) is 6.48. The van der Waals surface area contributed by atoms with Crippen molar-refractivity contribution in [1.29, 1.82) is 5.26 Å². The molecule has 2 rings (SSSR count). The SMILES string of the molecule is N#C/C(F)=C/C1CCC(CCCCc2ccc(OC(F)(F)F)cc2)CC1. The maximum absolute atomic E-state index is 13.0. The van der Waals surface area contributed by atoms with Crippen LogP contribution in [-0.4, -0.2) is 6.36 Å². The van der Waals surface area contributed by atoms with Crippen LogP contribution in [0.5, 0.6) is 5.75 Å². The molecule has 0 spiro atoms. The fraction of sp³-hybridized carbons (Fsp3) is 0.550. The molecule has 2 nitrogen and oxygen atoms in total. The lowest BCUT2D eigenvalue weighted by molar-refractivity contribution is -0.274. The summed E-state index contributed by atoms with van der Waals surface area (Å²) in [6, 6.07) is 7.55. The van der Waals surface area contributed by atoms with Crippen LogP contribution in [0.2, 0.25) is 0 Å². The van der Waals surface area contributed by atoms with E-state index in [1.165, 1.54) is 24.3 Å². The Morgan fingerprint density at radius 3 is 2.35 bits per heavy atom. The molecule has 0 atom stereocenters. The highest BCUT2D eigenvalue weighted by Gasteiger charge is 2.30. The van der Waals surface area contributed by atoms with Gasteiger partial charge in [0.05, 0.1) is 0 Å². The van der Waals surface area contributed by atoms with Gasteiger partial charge in [-0.1, -0.05) is 25.0 Å². The molecule has 0 N–H and O–H groups in total. The number of aryl methyl sites for hydroxylation is 1. The van der Waals surface area contributed by atoms with Gasteiger partial charge in [0.15, 0.2) is 5.83 Å². The van der Waals surface area contributed by atoms with E-state index in [4.69, 9.17) is 5.26 Å². The van der Waals surface area contributed by atoms with E-state index in [1.807, 2.05) is 0 Å². The second-order valence-electron chi connectivity index (χ2n) is 6.84. The van der Waals surface area contributed by atoms with Gasteiger partial charge in [-0.15, -0.1) is 13.2 Å². The average Bonchev–Trinajstić information content (AvgIpc) is 2.60. The van der Waals surface area contributed by atoms with E-state index < -0.39 is 12.2 Å². The Hall–Kier alpha value is -2.03. The molecule has 1 fully saturated rings. The lowest BCUT2D eigenvalue weighted by atomic mass is 9.79. The fourth-order valence-electron chi connectivity index (χ4n) is 3.51. The number of halogens is 4. The lowest BCUT2D eigenvalue weighted by Gasteiger charge is -2.26. The summed E-state index contributed by atoms with van der Waals surface area (Å²) in [5.41, 5.74) is 1.00. The number of ether oxygens (including phenoxy) is 1. The summed E-state index contributed by atoms with van der Waals surface area (Å²) < 4.78 is 53.2. The van der Waals surface area contributed by atoms with Crippen LogP contribution in [-0.2, 0) is 6.42 Å². The Labute approximate surface area is 151 Å². The smallest absolute Gasteiger partial charge is 0.406 e. The molecule has 0 saturated heterocycles. The molecule has 1 aromatic rings. The zero-order valence-electron chi connectivity index (χ0n) is 14.6. The Morgan fingerprint density at radius 2 is 1.77 bits per heavy atom. The monoisotopic (exact) mass is 369 g/mol. The molecule has 0 unspecified atom stereocenters. The molecule has 1 saturated carbocycles. The summed E-state index contributed by atoms with van der Waals surface area (Å²) in [4.78, 5) is 0. The van der Waals surface area contributed by atoms with Crippen molar-refractivity contribution in [2.45, 2.75) is 57.7 Å². The summed E-state index contributed by atoms with van der Waals surface area (Å²) >= 11 is 0. The molecular weight excluding hydrogens is 346 g/mol. The van der Waals surface area contributed by atoms with Crippen LogP contribution in [0.15, 0.2) is 36.2 Å². The van der Waals surface area contributed by atoms with Crippen molar-refractivity contribution in [3.63, 3.8) is 0 Å². The predicted molar refractivity (Wildman–Crippen MR) is 90.9 cm³/mol. The quantitative estimate of drug-likeness (QED) is 0.313. The minimum absolute atomic E-state index is 0.184. The van der Waals surface area contributed by atoms with E-state index >= 15 is 0 Å². The van der Waals surface area contributed by atoms with E-state index in [1.54, 1.807) is 12.1 Å². The first-order valence-electron chi connectivity index (χ1n) is 8.98. The van der Waals surface area contributed by atoms with Gasteiger partial charge in [0.2, 0.25) is 0 Å². The number of hydrogen-bond donors (Lipinski definition) is 0. The van der Waals surface area contributed by atoms with Gasteiger partial charge in [0.1, 0.15) is 11.8 Å². The lowest BCUT2D eigenvalue weighted by Crippen LogP contribution is -2.17. The molecule has 1 aromatic carbocycles. The second-order valence-corrected chi connectivity index (χ2v) is 6.84. The van der Waals surface area contributed by atoms with Gasteiger partial charge >= 0.3 is 6.36 Å². The highest BCUT2D eigenvalue weighted by atomic mass is 19.4. The maximum atomic E-state index is 13.0. The fourth-order valence-corrected chi connectivity index (χ4v) is 3.51. The van der Waals surface area contributed by atoms with Gasteiger partial charge in [-0.2, -0.15) is 9.65 Å². The summed E-state index contributed by atoms with van der Waals surface area (Å²) in [5.74, 6) is -0.0457. The van der Waals surface area contributed by atoms with Crippen LogP contribution in [0.3, 0.4) is 0 Å². The molecule has 1 aliphatic carbocycles. The van der Waals surface area contributed by atoms with Crippen LogP contribution >= 0.6 is 0 Å². The third kappa shape index (κ3) is 7.47. The van der Waals surface area contributed by atoms with Crippen LogP contribution in [0.4, 0.5) is 17.6 Å². The van der Waals surface area contributed by atoms with Gasteiger partial charge in [-0.05, 0) is 74.1 Å². The third-order valence-corrected chi connectivity index (χ3v) is 4.87. The summed E-state index contributed by atoms with van der Waals surface area (Å²) in [5, 5.41) is 8.47. The Kier molecular flexibility index (Phi) is 7.50. The summed E-state index contributed by atoms with van der Waals surface area (Å²) in [6.07, 6.45) is 4.78. The zero-order valence-corrected chi connectivity index (χ0v) is 14.6. The van der Waals surface area contributed by atoms with Crippen LogP contribution in [0, 0.1) is 23.2 Å². The Balaban J connectivity index is 1.63. The molecule has 0 bridgehead atoms. The van der Waals surface area contributed by atoms with E-state index in [0.717, 1.165) is 56.9 Å². The number of unbranched alkanes of at least 4 members (excludes halogenated alkanes) is 1. The number of hydrogen-bond acceptors (Lipinski definition) is 2. The first kappa shape index (κ1) is 20.3. The van der Waals surface area contributed by atoms with Crippen molar-refractivity contribution in [1.82, 2.24) is 0 Å². The number of benzene rings is 1. The van der Waals surface area contributed by atoms with Crippen molar-refractivity contribution < 1.29 is 22.3 Å². The molecule has 6 heteroatoms. The summed E-state index contributed by atoms with van der Waals surface area (Å²) in [7, 11) is 0. The molecule has 26 heavy (non-hydrogen) atoms. The number of rotatable bonds is 7. The van der Waals surface area contributed by atoms with Crippen molar-refractivity contribution >= 4 is 0 Å². The molecule has 142 valence electrons. The third-order valence-electron chi connectivity index (χ3n) is 4.87. The summed E-state index contributed by atoms with van der Waals surface area (Å²) in [6.45, 7) is 0. The Morgan fingerprint density at radius 1 is 1.12 bits per heavy atom. The van der Waals surface area contributed by atoms with Crippen LogP contribution in [0.25, 0.3) is 0 Å². The van der Waals surface area contributed by atoms with Gasteiger partial charge in [-0.25, -0.2) is 0 Å². The normalized spacial score (nSPS) is 21.3. The van der Waals surface area contributed by atoms with E-state index in [0.29, 0.717) is 5.92 Å². The van der Waals surface area contributed by atoms with Gasteiger partial charge in [0.25, 0.3) is 0 Å². The minimum atomic E-state index is -4.66. The molecule has 0 radical (unpaired) electrons. The number of nitrogens with zero attached hydrogens (tertiary/aromatic N) is 1. The van der Waals surface area contributed by atoms with Gasteiger partial charge < -0.3 is 4.74 Å². The van der Waals surface area contributed by atoms with E-state index in [9.17, 15) is 17.6 Å². The maximum Gasteiger partial charge on any atom is 0.573 e. The highest BCUT2D eigenvalue weighted by Crippen LogP contribution is 2.33. The molecule has 0 amide bonds. The number of nitriles is 1. The van der Waals surface area contributed by atoms with Crippen molar-refractivity contribution in [2.24, 2.45) is 11.8 Å². The minimum Gasteiger partial charge on any atom is -0.406 e. The standard InChI is InChI=1S/C20H23F4NO/c21-18(14-25)13-17-7-5-15(6-8-17)3-1-2-4-16-9-11-19(12-10-16)26-20(22,23)24/h9-13,15,17H,1-8H2/b18-13-. The Bertz CT molecular complexity index is 623. The molecular formula is C20H23F4NO. The molecule has 0 aliphatic heterocycles. The van der Waals surface area contributed by atoms with Crippen LogP contribution < -0.4 is 4.74 Å². The largest absolute Gasteiger partial charge is 0.573 e. The average molecular weight is 369 g/mol. The number of allylic oxidation sites excluding steroid dienone is 2. The van der Waals surface area contributed by atoms with E-state index in [-0.39, 0.29) is 11.7 Å². The van der Waals surface area contributed by atoms with Crippen molar-refractivity contribution in [2.75, 3.05) is 0 Å². The van der Waals surface area contributed by atoms with Crippen molar-refractivity contribution in [3.05, 3.63) is 41.7 Å². The molecule has 0 heterocycles. The van der Waals surface area contributed by atoms with Crippen molar-refractivity contribution in [3.8, 4) is 11.8 Å². The second kappa shape index (κ2) is 9.61. The highest BCUT2D eigenvalue weighted by molar-refractivity contribution is 5.27. The van der Waals surface area contributed by atoms with Gasteiger partial charge in [-0.3, -0.25) is 0 Å². The van der Waals surface area contributed by atoms with Gasteiger partial charge in [0, 0.05) is 0 Å². The van der Waals surface area contributed by atoms with E-state index in [2.05, 4.69) is 4.74 Å². The first-order valence-corrected chi connectivity index (χ1v) is 8.98. The molecule has 1 aliphatic rings. The van der Waals surface area contributed by atoms with Crippen LogP contribution in [0.1, 0.15) is 50.5 Å². The zero-order chi connectivity index (χ0) is 19.0. The first-order chi connectivity index (χ1) is 12.4. The number of alkyl halides is 3.